The number of hydrogen-bond donors (Lipinski definition) is 1. The van der Waals surface area contributed by atoms with Gasteiger partial charge in [-0.05, 0) is 24.5 Å². The molecular formula is C15H19IN4. The van der Waals surface area contributed by atoms with Crippen molar-refractivity contribution < 1.29 is 28.5 Å². The lowest BCUT2D eigenvalue weighted by molar-refractivity contribution is -0.685. The molecule has 0 fully saturated rings. The molecule has 5 heteroatoms. The molecule has 0 amide bonds. The number of fused-ring (bicyclic) bond motifs is 1. The molecule has 0 unspecified atom stereocenters. The van der Waals surface area contributed by atoms with Crippen molar-refractivity contribution in [2.75, 3.05) is 17.2 Å². The van der Waals surface area contributed by atoms with Gasteiger partial charge in [-0.2, -0.15) is 0 Å². The lowest BCUT2D eigenvalue weighted by Gasteiger charge is -2.16. The maximum absolute atomic E-state index is 6.02. The second-order valence-corrected chi connectivity index (χ2v) is 4.87. The number of nitrogens with two attached hydrogens (primary N) is 1. The Morgan fingerprint density at radius 1 is 1.30 bits per heavy atom. The number of rotatable bonds is 3. The van der Waals surface area contributed by atoms with Crippen molar-refractivity contribution >= 4 is 17.5 Å². The largest absolute Gasteiger partial charge is 1.00 e. The van der Waals surface area contributed by atoms with Gasteiger partial charge in [0.15, 0.2) is 0 Å². The average molecular weight is 382 g/mol. The summed E-state index contributed by atoms with van der Waals surface area (Å²) in [5.41, 5.74) is 8.66. The Bertz CT molecular complexity index is 600. The summed E-state index contributed by atoms with van der Waals surface area (Å²) in [6.07, 6.45) is 4.16. The van der Waals surface area contributed by atoms with Crippen molar-refractivity contribution in [3.05, 3.63) is 42.1 Å². The molecule has 4 nitrogen and oxygen atoms in total. The van der Waals surface area contributed by atoms with Crippen molar-refractivity contribution in [2.45, 2.75) is 26.3 Å². The Kier molecular flexibility index (Phi) is 4.80. The molecule has 2 N–H and O–H groups in total. The lowest BCUT2D eigenvalue weighted by Crippen LogP contribution is -3.00. The smallest absolute Gasteiger partial charge is 0.391 e. The zero-order chi connectivity index (χ0) is 13.2. The van der Waals surface area contributed by atoms with Crippen molar-refractivity contribution in [3.63, 3.8) is 0 Å². The van der Waals surface area contributed by atoms with E-state index in [9.17, 15) is 0 Å². The van der Waals surface area contributed by atoms with Crippen LogP contribution in [0.2, 0.25) is 0 Å². The van der Waals surface area contributed by atoms with E-state index in [1.807, 2.05) is 16.8 Å². The standard InChI is InChI=1S/C15H18N4.HI/c1-2-9-18-10-8-14(17-15(18)16)19-11-7-12-5-3-4-6-13(12)19;/h3-6,8,10,16H,2,7,9,11H2,1H3;1H. The van der Waals surface area contributed by atoms with E-state index < -0.39 is 0 Å². The summed E-state index contributed by atoms with van der Waals surface area (Å²) >= 11 is 0. The Hall–Kier alpha value is -1.37. The van der Waals surface area contributed by atoms with Crippen LogP contribution in [0.3, 0.4) is 0 Å². The van der Waals surface area contributed by atoms with Gasteiger partial charge in [0, 0.05) is 18.3 Å². The Balaban J connectivity index is 0.00000147. The number of nitrogen functional groups attached to an aromatic ring is 1. The van der Waals surface area contributed by atoms with E-state index in [1.165, 1.54) is 11.3 Å². The summed E-state index contributed by atoms with van der Waals surface area (Å²) in [7, 11) is 0. The molecule has 1 aromatic heterocycles. The Morgan fingerprint density at radius 3 is 2.85 bits per heavy atom. The lowest BCUT2D eigenvalue weighted by atomic mass is 10.2. The minimum absolute atomic E-state index is 0. The van der Waals surface area contributed by atoms with Gasteiger partial charge in [-0.15, -0.1) is 0 Å². The summed E-state index contributed by atoms with van der Waals surface area (Å²) in [5, 5.41) is 0. The third-order valence-corrected chi connectivity index (χ3v) is 3.56. The van der Waals surface area contributed by atoms with Crippen molar-refractivity contribution in [3.8, 4) is 0 Å². The first-order valence-corrected chi connectivity index (χ1v) is 6.81. The van der Waals surface area contributed by atoms with Gasteiger partial charge >= 0.3 is 5.95 Å². The fourth-order valence-corrected chi connectivity index (χ4v) is 2.61. The van der Waals surface area contributed by atoms with Gasteiger partial charge in [0.2, 0.25) is 5.82 Å². The molecule has 0 radical (unpaired) electrons. The van der Waals surface area contributed by atoms with Crippen molar-refractivity contribution in [1.82, 2.24) is 4.98 Å². The van der Waals surface area contributed by atoms with E-state index in [1.54, 1.807) is 0 Å². The molecule has 0 saturated carbocycles. The first kappa shape index (κ1) is 15.0. The molecule has 20 heavy (non-hydrogen) atoms. The molecule has 0 aliphatic carbocycles. The van der Waals surface area contributed by atoms with Crippen LogP contribution >= 0.6 is 0 Å². The fourth-order valence-electron chi connectivity index (χ4n) is 2.61. The summed E-state index contributed by atoms with van der Waals surface area (Å²) in [4.78, 5) is 6.78. The Labute approximate surface area is 136 Å². The van der Waals surface area contributed by atoms with Crippen LogP contribution in [0.15, 0.2) is 36.5 Å². The highest BCUT2D eigenvalue weighted by molar-refractivity contribution is 5.67. The van der Waals surface area contributed by atoms with Crippen LogP contribution in [0, 0.1) is 0 Å². The number of hydrogen-bond acceptors (Lipinski definition) is 3. The number of para-hydroxylation sites is 1. The summed E-state index contributed by atoms with van der Waals surface area (Å²) in [5.74, 6) is 1.53. The molecule has 106 valence electrons. The minimum atomic E-state index is 0. The van der Waals surface area contributed by atoms with Gasteiger partial charge in [0.25, 0.3) is 0 Å². The monoisotopic (exact) mass is 382 g/mol. The van der Waals surface area contributed by atoms with Gasteiger partial charge in [0.05, 0.1) is 12.7 Å². The van der Waals surface area contributed by atoms with Gasteiger partial charge < -0.3 is 28.9 Å². The second-order valence-electron chi connectivity index (χ2n) is 4.87. The normalized spacial score (nSPS) is 12.9. The maximum Gasteiger partial charge on any atom is 0.391 e. The predicted octanol–water partition coefficient (Wildman–Crippen LogP) is -0.940. The zero-order valence-electron chi connectivity index (χ0n) is 11.6. The number of nitrogens with zero attached hydrogens (tertiary/aromatic N) is 3. The van der Waals surface area contributed by atoms with Crippen molar-refractivity contribution in [2.24, 2.45) is 0 Å². The van der Waals surface area contributed by atoms with Crippen LogP contribution in [0.5, 0.6) is 0 Å². The molecule has 1 aliphatic rings. The molecule has 0 spiro atoms. The number of aryl methyl sites for hydroxylation is 1. The molecule has 3 rings (SSSR count). The van der Waals surface area contributed by atoms with Gasteiger partial charge in [-0.1, -0.05) is 30.1 Å². The quantitative estimate of drug-likeness (QED) is 0.551. The SMILES string of the molecule is CCC[n+]1ccc(N2CCc3ccccc32)nc1N.[I-]. The molecular weight excluding hydrogens is 363 g/mol. The van der Waals surface area contributed by atoms with Crippen LogP contribution in [0.25, 0.3) is 0 Å². The number of aromatic nitrogens is 2. The fraction of sp³-hybridized carbons (Fsp3) is 0.333. The second kappa shape index (κ2) is 6.39. The number of anilines is 3. The zero-order valence-corrected chi connectivity index (χ0v) is 13.7. The van der Waals surface area contributed by atoms with E-state index in [0.29, 0.717) is 5.95 Å². The van der Waals surface area contributed by atoms with Crippen LogP contribution in [0.4, 0.5) is 17.5 Å². The predicted molar refractivity (Wildman–Crippen MR) is 76.3 cm³/mol. The third kappa shape index (κ3) is 2.72. The maximum atomic E-state index is 6.02. The van der Waals surface area contributed by atoms with Gasteiger partial charge in [-0.25, -0.2) is 4.57 Å². The topological polar surface area (TPSA) is 46.0 Å². The summed E-state index contributed by atoms with van der Waals surface area (Å²) < 4.78 is 1.99. The first-order chi connectivity index (χ1) is 9.29. The molecule has 1 aliphatic heterocycles. The van der Waals surface area contributed by atoms with E-state index in [4.69, 9.17) is 5.73 Å². The van der Waals surface area contributed by atoms with Crippen LogP contribution in [-0.4, -0.2) is 11.5 Å². The molecule has 0 atom stereocenters. The van der Waals surface area contributed by atoms with E-state index >= 15 is 0 Å². The number of benzene rings is 1. The van der Waals surface area contributed by atoms with Gasteiger partial charge in [0.1, 0.15) is 0 Å². The molecule has 0 bridgehead atoms. The molecule has 2 aromatic rings. The number of halogens is 1. The highest BCUT2D eigenvalue weighted by Crippen LogP contribution is 2.32. The third-order valence-electron chi connectivity index (χ3n) is 3.56. The van der Waals surface area contributed by atoms with E-state index in [-0.39, 0.29) is 24.0 Å². The summed E-state index contributed by atoms with van der Waals surface area (Å²) in [6.45, 7) is 4.02. The molecule has 0 saturated heterocycles. The minimum Gasteiger partial charge on any atom is -1.00 e. The van der Waals surface area contributed by atoms with Crippen molar-refractivity contribution in [1.29, 1.82) is 0 Å². The van der Waals surface area contributed by atoms with Crippen LogP contribution in [-0.2, 0) is 13.0 Å². The highest BCUT2D eigenvalue weighted by Gasteiger charge is 2.23. The van der Waals surface area contributed by atoms with E-state index in [0.717, 1.165) is 31.7 Å². The van der Waals surface area contributed by atoms with Crippen LogP contribution in [0.1, 0.15) is 18.9 Å². The van der Waals surface area contributed by atoms with E-state index in [2.05, 4.69) is 41.1 Å². The van der Waals surface area contributed by atoms with Gasteiger partial charge in [-0.3, -0.25) is 5.73 Å². The highest BCUT2D eigenvalue weighted by atomic mass is 127. The van der Waals surface area contributed by atoms with Crippen LogP contribution < -0.4 is 39.2 Å². The molecule has 2 heterocycles. The molecule has 1 aromatic carbocycles. The first-order valence-electron chi connectivity index (χ1n) is 6.81. The summed E-state index contributed by atoms with van der Waals surface area (Å²) in [6, 6.07) is 10.5. The average Bonchev–Trinajstić information content (AvgIpc) is 2.85. The Morgan fingerprint density at radius 2 is 2.10 bits per heavy atom.